The second-order valence-electron chi connectivity index (χ2n) is 6.44. The molecule has 1 N–H and O–H groups in total. The minimum atomic E-state index is -0.743. The van der Waals surface area contributed by atoms with Crippen molar-refractivity contribution in [2.24, 2.45) is 4.99 Å². The molecule has 1 aromatic carbocycles. The summed E-state index contributed by atoms with van der Waals surface area (Å²) in [5, 5.41) is 3.43. The summed E-state index contributed by atoms with van der Waals surface area (Å²) in [7, 11) is 3.68. The van der Waals surface area contributed by atoms with Gasteiger partial charge in [-0.2, -0.15) is 0 Å². The van der Waals surface area contributed by atoms with Crippen LogP contribution in [0, 0.1) is 0 Å². The molecular weight excluding hydrogens is 344 g/mol. The molecule has 134 valence electrons. The minimum absolute atomic E-state index is 0.0347. The topological polar surface area (TPSA) is 74.2 Å². The maximum absolute atomic E-state index is 12.3. The normalized spacial score (nSPS) is 18.8. The average molecular weight is 365 g/mol. The molecule has 0 unspecified atom stereocenters. The summed E-state index contributed by atoms with van der Waals surface area (Å²) in [6.07, 6.45) is 1.03. The molecule has 2 aliphatic rings. The van der Waals surface area contributed by atoms with E-state index in [9.17, 15) is 9.59 Å². The van der Waals surface area contributed by atoms with Gasteiger partial charge in [0.1, 0.15) is 11.3 Å². The first-order valence-electron chi connectivity index (χ1n) is 8.14. The van der Waals surface area contributed by atoms with Gasteiger partial charge < -0.3 is 14.5 Å². The quantitative estimate of drug-likeness (QED) is 0.872. The van der Waals surface area contributed by atoms with Crippen molar-refractivity contribution in [1.29, 1.82) is 0 Å². The Morgan fingerprint density at radius 1 is 1.32 bits per heavy atom. The first-order valence-corrected chi connectivity index (χ1v) is 8.52. The number of aliphatic imine (C=N–C) groups is 1. The Kier molecular flexibility index (Phi) is 4.85. The van der Waals surface area contributed by atoms with E-state index in [-0.39, 0.29) is 18.4 Å². The van der Waals surface area contributed by atoms with Crippen LogP contribution >= 0.6 is 11.6 Å². The van der Waals surface area contributed by atoms with E-state index in [1.165, 1.54) is 0 Å². The van der Waals surface area contributed by atoms with Crippen LogP contribution in [-0.2, 0) is 9.59 Å². The SMILES string of the molecule is CN(C)C1=NC2(CCN(C(=O)COc3ccc(Cl)cc3)CC2)C(=O)N1. The molecule has 8 heteroatoms. The van der Waals surface area contributed by atoms with Crippen LogP contribution in [0.3, 0.4) is 0 Å². The highest BCUT2D eigenvalue weighted by molar-refractivity contribution is 6.30. The Bertz CT molecular complexity index is 694. The molecule has 0 bridgehead atoms. The van der Waals surface area contributed by atoms with E-state index in [0.717, 1.165) is 0 Å². The lowest BCUT2D eigenvalue weighted by Crippen LogP contribution is -2.51. The zero-order valence-electron chi connectivity index (χ0n) is 14.3. The fourth-order valence-corrected chi connectivity index (χ4v) is 3.07. The number of hydrogen-bond donors (Lipinski definition) is 1. The number of guanidine groups is 1. The number of halogens is 1. The fourth-order valence-electron chi connectivity index (χ4n) is 2.94. The van der Waals surface area contributed by atoms with E-state index in [4.69, 9.17) is 16.3 Å². The van der Waals surface area contributed by atoms with Crippen LogP contribution in [-0.4, -0.2) is 66.9 Å². The Balaban J connectivity index is 1.54. The van der Waals surface area contributed by atoms with E-state index >= 15 is 0 Å². The van der Waals surface area contributed by atoms with Crippen LogP contribution in [0.4, 0.5) is 0 Å². The molecule has 0 atom stereocenters. The van der Waals surface area contributed by atoms with Gasteiger partial charge in [0.05, 0.1) is 0 Å². The van der Waals surface area contributed by atoms with Gasteiger partial charge in [-0.1, -0.05) is 11.6 Å². The van der Waals surface area contributed by atoms with Gasteiger partial charge in [0.25, 0.3) is 11.8 Å². The first-order chi connectivity index (χ1) is 11.9. The van der Waals surface area contributed by atoms with Crippen molar-refractivity contribution >= 4 is 29.4 Å². The number of hydrogen-bond acceptors (Lipinski definition) is 5. The molecule has 0 aromatic heterocycles. The molecule has 0 radical (unpaired) electrons. The van der Waals surface area contributed by atoms with Gasteiger partial charge in [-0.25, -0.2) is 4.99 Å². The lowest BCUT2D eigenvalue weighted by atomic mass is 9.88. The predicted octanol–water partition coefficient (Wildman–Crippen LogP) is 1.13. The van der Waals surface area contributed by atoms with Crippen LogP contribution in [0.2, 0.25) is 5.02 Å². The molecule has 3 rings (SSSR count). The van der Waals surface area contributed by atoms with Crippen LogP contribution in [0.1, 0.15) is 12.8 Å². The van der Waals surface area contributed by atoms with E-state index in [2.05, 4.69) is 10.3 Å². The Labute approximate surface area is 151 Å². The number of carbonyl (C=O) groups excluding carboxylic acids is 2. The maximum atomic E-state index is 12.3. The highest BCUT2D eigenvalue weighted by atomic mass is 35.5. The molecule has 2 aliphatic heterocycles. The summed E-state index contributed by atoms with van der Waals surface area (Å²) in [5.74, 6) is 0.998. The fraction of sp³-hybridized carbons (Fsp3) is 0.471. The van der Waals surface area contributed by atoms with E-state index in [1.807, 2.05) is 14.1 Å². The van der Waals surface area contributed by atoms with Crippen molar-refractivity contribution in [3.05, 3.63) is 29.3 Å². The van der Waals surface area contributed by atoms with Gasteiger partial charge in [-0.15, -0.1) is 0 Å². The summed E-state index contributed by atoms with van der Waals surface area (Å²) >= 11 is 5.82. The van der Waals surface area contributed by atoms with Gasteiger partial charge in [0, 0.05) is 32.2 Å². The lowest BCUT2D eigenvalue weighted by Gasteiger charge is -2.35. The van der Waals surface area contributed by atoms with Gasteiger partial charge >= 0.3 is 0 Å². The highest BCUT2D eigenvalue weighted by Gasteiger charge is 2.46. The maximum Gasteiger partial charge on any atom is 0.260 e. The largest absolute Gasteiger partial charge is 0.484 e. The standard InChI is InChI=1S/C17H21ClN4O3/c1-21(2)16-19-15(24)17(20-16)7-9-22(10-8-17)14(23)11-25-13-5-3-12(18)4-6-13/h3-6H,7-11H2,1-2H3,(H,19,20,24). The number of rotatable bonds is 3. The number of ether oxygens (including phenoxy) is 1. The number of amides is 2. The summed E-state index contributed by atoms with van der Waals surface area (Å²) in [4.78, 5) is 32.7. The molecule has 1 spiro atoms. The van der Waals surface area contributed by atoms with Crippen LogP contribution < -0.4 is 10.1 Å². The average Bonchev–Trinajstić information content (AvgIpc) is 2.91. The van der Waals surface area contributed by atoms with Crippen molar-refractivity contribution in [1.82, 2.24) is 15.1 Å². The molecule has 2 amide bonds. The van der Waals surface area contributed by atoms with E-state index < -0.39 is 5.54 Å². The smallest absolute Gasteiger partial charge is 0.260 e. The molecule has 7 nitrogen and oxygen atoms in total. The molecule has 1 aromatic rings. The summed E-state index contributed by atoms with van der Waals surface area (Å²) < 4.78 is 5.50. The van der Waals surface area contributed by atoms with Crippen LogP contribution in [0.25, 0.3) is 0 Å². The number of carbonyl (C=O) groups is 2. The Morgan fingerprint density at radius 2 is 1.96 bits per heavy atom. The van der Waals surface area contributed by atoms with Crippen molar-refractivity contribution in [3.63, 3.8) is 0 Å². The molecule has 1 fully saturated rings. The molecule has 0 saturated carbocycles. The summed E-state index contributed by atoms with van der Waals surface area (Å²) in [5.41, 5.74) is -0.743. The van der Waals surface area contributed by atoms with E-state index in [1.54, 1.807) is 34.1 Å². The van der Waals surface area contributed by atoms with Crippen molar-refractivity contribution < 1.29 is 14.3 Å². The second-order valence-corrected chi connectivity index (χ2v) is 6.88. The highest BCUT2D eigenvalue weighted by Crippen LogP contribution is 2.30. The molecule has 2 heterocycles. The van der Waals surface area contributed by atoms with Gasteiger partial charge in [-0.05, 0) is 37.1 Å². The molecule has 1 saturated heterocycles. The van der Waals surface area contributed by atoms with Gasteiger partial charge in [0.2, 0.25) is 5.96 Å². The molecule has 25 heavy (non-hydrogen) atoms. The summed E-state index contributed by atoms with van der Waals surface area (Å²) in [6.45, 7) is 0.938. The predicted molar refractivity (Wildman–Crippen MR) is 94.8 cm³/mol. The Morgan fingerprint density at radius 3 is 2.52 bits per heavy atom. The van der Waals surface area contributed by atoms with Crippen molar-refractivity contribution in [2.75, 3.05) is 33.8 Å². The zero-order chi connectivity index (χ0) is 18.0. The van der Waals surface area contributed by atoms with Crippen LogP contribution in [0.15, 0.2) is 29.3 Å². The van der Waals surface area contributed by atoms with E-state index in [0.29, 0.717) is 42.7 Å². The van der Waals surface area contributed by atoms with Gasteiger partial charge in [0.15, 0.2) is 6.61 Å². The summed E-state index contributed by atoms with van der Waals surface area (Å²) in [6, 6.07) is 6.87. The van der Waals surface area contributed by atoms with Crippen molar-refractivity contribution in [2.45, 2.75) is 18.4 Å². The third-order valence-electron chi connectivity index (χ3n) is 4.51. The number of nitrogens with one attached hydrogen (secondary N) is 1. The molecular formula is C17H21ClN4O3. The number of nitrogens with zero attached hydrogens (tertiary/aromatic N) is 3. The molecule has 0 aliphatic carbocycles. The van der Waals surface area contributed by atoms with Crippen molar-refractivity contribution in [3.8, 4) is 5.75 Å². The number of benzene rings is 1. The van der Waals surface area contributed by atoms with Gasteiger partial charge in [-0.3, -0.25) is 14.9 Å². The number of likely N-dealkylation sites (tertiary alicyclic amines) is 1. The zero-order valence-corrected chi connectivity index (χ0v) is 15.0. The monoisotopic (exact) mass is 364 g/mol. The third-order valence-corrected chi connectivity index (χ3v) is 4.76. The lowest BCUT2D eigenvalue weighted by molar-refractivity contribution is -0.137. The van der Waals surface area contributed by atoms with Crippen LogP contribution in [0.5, 0.6) is 5.75 Å². The Hall–Kier alpha value is -2.28. The number of piperidine rings is 1. The second kappa shape index (κ2) is 6.92. The first kappa shape index (κ1) is 17.5. The third kappa shape index (κ3) is 3.71. The minimum Gasteiger partial charge on any atom is -0.484 e.